The van der Waals surface area contributed by atoms with Crippen LogP contribution in [0.3, 0.4) is 0 Å². The quantitative estimate of drug-likeness (QED) is 0.141. The molecule has 170 valence electrons. The van der Waals surface area contributed by atoms with Crippen molar-refractivity contribution in [1.29, 1.82) is 0 Å². The van der Waals surface area contributed by atoms with Gasteiger partial charge in [0.1, 0.15) is 5.69 Å². The van der Waals surface area contributed by atoms with Crippen molar-refractivity contribution in [3.63, 3.8) is 0 Å². The lowest BCUT2D eigenvalue weighted by Gasteiger charge is -2.24. The second-order valence-corrected chi connectivity index (χ2v) is 8.84. The fourth-order valence-corrected chi connectivity index (χ4v) is 4.23. The first-order valence-corrected chi connectivity index (χ1v) is 12.5. The molecule has 0 saturated heterocycles. The van der Waals surface area contributed by atoms with Gasteiger partial charge in [-0.3, -0.25) is 10.1 Å². The standard InChI is InChI=1S/C24H37N4O2P/c1-4-7-9-18-27(17-6-3)21-12-10-20(11-13-21)26-31-22-14-15-23(25-16-8-5-2)24(19-22)28(29)30/h10-15,19,25-26,31H,4-9,16-18H2,1-3H3. The number of hydrogen-bond donors (Lipinski definition) is 2. The second-order valence-electron chi connectivity index (χ2n) is 7.76. The zero-order chi connectivity index (χ0) is 22.5. The molecule has 6 nitrogen and oxygen atoms in total. The maximum Gasteiger partial charge on any atom is 0.293 e. The average molecular weight is 445 g/mol. The van der Waals surface area contributed by atoms with E-state index in [-0.39, 0.29) is 19.3 Å². The molecule has 2 rings (SSSR count). The van der Waals surface area contributed by atoms with E-state index in [0.29, 0.717) is 5.69 Å². The minimum atomic E-state index is -0.308. The molecule has 2 aromatic carbocycles. The Labute approximate surface area is 188 Å². The lowest BCUT2D eigenvalue weighted by Crippen LogP contribution is -2.25. The summed E-state index contributed by atoms with van der Waals surface area (Å²) in [6.45, 7) is 9.46. The summed E-state index contributed by atoms with van der Waals surface area (Å²) in [7, 11) is 0.266. The van der Waals surface area contributed by atoms with Crippen LogP contribution in [0.15, 0.2) is 42.5 Å². The SMILES string of the molecule is CCCCCN(CCC)c1ccc(NPc2ccc(NCCCC)c([N+](=O)[O-])c2)cc1. The van der Waals surface area contributed by atoms with Gasteiger partial charge in [-0.15, -0.1) is 0 Å². The second kappa shape index (κ2) is 13.9. The molecule has 1 atom stereocenters. The summed E-state index contributed by atoms with van der Waals surface area (Å²) in [6.07, 6.45) is 6.90. The van der Waals surface area contributed by atoms with Crippen LogP contribution < -0.4 is 20.6 Å². The number of unbranched alkanes of at least 4 members (excludes halogenated alkanes) is 3. The van der Waals surface area contributed by atoms with Crippen molar-refractivity contribution in [2.75, 3.05) is 34.9 Å². The van der Waals surface area contributed by atoms with E-state index in [0.717, 1.165) is 49.9 Å². The molecule has 0 aliphatic rings. The van der Waals surface area contributed by atoms with Crippen molar-refractivity contribution in [2.45, 2.75) is 59.3 Å². The highest BCUT2D eigenvalue weighted by Gasteiger charge is 2.14. The molecule has 1 unspecified atom stereocenters. The fraction of sp³-hybridized carbons (Fsp3) is 0.500. The molecule has 2 aromatic rings. The van der Waals surface area contributed by atoms with E-state index in [1.165, 1.54) is 24.9 Å². The molecule has 0 aliphatic heterocycles. The fourth-order valence-electron chi connectivity index (χ4n) is 3.40. The van der Waals surface area contributed by atoms with Crippen LogP contribution in [0.25, 0.3) is 0 Å². The smallest absolute Gasteiger partial charge is 0.293 e. The largest absolute Gasteiger partial charge is 0.379 e. The molecule has 0 fully saturated rings. The highest BCUT2D eigenvalue weighted by atomic mass is 31.1. The summed E-state index contributed by atoms with van der Waals surface area (Å²) in [5.41, 5.74) is 3.01. The van der Waals surface area contributed by atoms with E-state index in [2.05, 4.69) is 60.3 Å². The zero-order valence-corrected chi connectivity index (χ0v) is 20.1. The number of nitrogens with zero attached hydrogens (tertiary/aromatic N) is 2. The van der Waals surface area contributed by atoms with Gasteiger partial charge in [0.05, 0.1) is 4.92 Å². The van der Waals surface area contributed by atoms with Crippen LogP contribution in [0, 0.1) is 10.1 Å². The van der Waals surface area contributed by atoms with Crippen LogP contribution in [0.4, 0.5) is 22.7 Å². The van der Waals surface area contributed by atoms with Crippen molar-refractivity contribution in [3.8, 4) is 0 Å². The van der Waals surface area contributed by atoms with Crippen molar-refractivity contribution in [3.05, 3.63) is 52.6 Å². The Kier molecular flexibility index (Phi) is 11.2. The van der Waals surface area contributed by atoms with E-state index in [9.17, 15) is 10.1 Å². The Hall–Kier alpha value is -2.33. The summed E-state index contributed by atoms with van der Waals surface area (Å²) in [4.78, 5) is 13.6. The average Bonchev–Trinajstić information content (AvgIpc) is 2.78. The monoisotopic (exact) mass is 444 g/mol. The number of nitro groups is 1. The number of benzene rings is 2. The minimum absolute atomic E-state index is 0.139. The van der Waals surface area contributed by atoms with E-state index < -0.39 is 0 Å². The first kappa shape index (κ1) is 24.9. The predicted octanol–water partition coefficient (Wildman–Crippen LogP) is 6.54. The molecule has 0 bridgehead atoms. The van der Waals surface area contributed by atoms with Crippen LogP contribution in [-0.4, -0.2) is 24.6 Å². The number of anilines is 3. The molecule has 0 spiro atoms. The Bertz CT molecular complexity index is 799. The minimum Gasteiger partial charge on any atom is -0.379 e. The molecule has 7 heteroatoms. The summed E-state index contributed by atoms with van der Waals surface area (Å²) in [5, 5.41) is 19.0. The third-order valence-corrected chi connectivity index (χ3v) is 6.16. The van der Waals surface area contributed by atoms with Crippen LogP contribution >= 0.6 is 8.73 Å². The summed E-state index contributed by atoms with van der Waals surface area (Å²) in [5.74, 6) is 0. The van der Waals surface area contributed by atoms with Gasteiger partial charge in [0.2, 0.25) is 0 Å². The van der Waals surface area contributed by atoms with Gasteiger partial charge in [0.25, 0.3) is 5.69 Å². The van der Waals surface area contributed by atoms with Crippen molar-refractivity contribution in [2.24, 2.45) is 0 Å². The van der Waals surface area contributed by atoms with E-state index in [1.807, 2.05) is 12.1 Å². The molecule has 0 saturated carbocycles. The number of rotatable bonds is 15. The van der Waals surface area contributed by atoms with E-state index in [4.69, 9.17) is 0 Å². The van der Waals surface area contributed by atoms with Crippen LogP contribution in [0.2, 0.25) is 0 Å². The Morgan fingerprint density at radius 2 is 1.68 bits per heavy atom. The molecule has 2 N–H and O–H groups in total. The van der Waals surface area contributed by atoms with Gasteiger partial charge >= 0.3 is 0 Å². The third kappa shape index (κ3) is 8.37. The Morgan fingerprint density at radius 3 is 2.32 bits per heavy atom. The van der Waals surface area contributed by atoms with Crippen molar-refractivity contribution in [1.82, 2.24) is 0 Å². The lowest BCUT2D eigenvalue weighted by atomic mass is 10.2. The first-order chi connectivity index (χ1) is 15.1. The molecular formula is C24H37N4O2P. The Balaban J connectivity index is 1.99. The van der Waals surface area contributed by atoms with Gasteiger partial charge in [-0.05, 0) is 54.9 Å². The lowest BCUT2D eigenvalue weighted by molar-refractivity contribution is -0.383. The molecule has 31 heavy (non-hydrogen) atoms. The van der Waals surface area contributed by atoms with Crippen molar-refractivity contribution < 1.29 is 4.92 Å². The normalized spacial score (nSPS) is 11.1. The summed E-state index contributed by atoms with van der Waals surface area (Å²) < 4.78 is 0. The third-order valence-electron chi connectivity index (χ3n) is 5.15. The van der Waals surface area contributed by atoms with Gasteiger partial charge in [-0.1, -0.05) is 46.1 Å². The molecule has 0 aliphatic carbocycles. The van der Waals surface area contributed by atoms with Crippen LogP contribution in [-0.2, 0) is 0 Å². The summed E-state index contributed by atoms with van der Waals surface area (Å²) in [6, 6.07) is 14.0. The molecule has 0 heterocycles. The van der Waals surface area contributed by atoms with Gasteiger partial charge in [0, 0.05) is 45.8 Å². The van der Waals surface area contributed by atoms with Crippen LogP contribution in [0.1, 0.15) is 59.3 Å². The zero-order valence-electron chi connectivity index (χ0n) is 19.1. The predicted molar refractivity (Wildman–Crippen MR) is 137 cm³/mol. The highest BCUT2D eigenvalue weighted by Crippen LogP contribution is 2.27. The maximum absolute atomic E-state index is 11.5. The summed E-state index contributed by atoms with van der Waals surface area (Å²) >= 11 is 0. The molecule has 0 radical (unpaired) electrons. The van der Waals surface area contributed by atoms with E-state index in [1.54, 1.807) is 6.07 Å². The molecule has 0 aromatic heterocycles. The molecule has 0 amide bonds. The first-order valence-electron chi connectivity index (χ1n) is 11.5. The van der Waals surface area contributed by atoms with Gasteiger partial charge < -0.3 is 15.3 Å². The Morgan fingerprint density at radius 1 is 0.935 bits per heavy atom. The van der Waals surface area contributed by atoms with Gasteiger partial charge in [-0.25, -0.2) is 0 Å². The maximum atomic E-state index is 11.5. The molecular weight excluding hydrogens is 407 g/mol. The number of hydrogen-bond acceptors (Lipinski definition) is 5. The number of nitro benzene ring substituents is 1. The highest BCUT2D eigenvalue weighted by molar-refractivity contribution is 7.48. The number of nitrogens with one attached hydrogen (secondary N) is 2. The van der Waals surface area contributed by atoms with Crippen molar-refractivity contribution >= 4 is 36.8 Å². The van der Waals surface area contributed by atoms with Gasteiger partial charge in [0.15, 0.2) is 0 Å². The topological polar surface area (TPSA) is 70.4 Å². The van der Waals surface area contributed by atoms with Gasteiger partial charge in [-0.2, -0.15) is 0 Å². The van der Waals surface area contributed by atoms with Crippen LogP contribution in [0.5, 0.6) is 0 Å². The van der Waals surface area contributed by atoms with E-state index >= 15 is 0 Å².